The van der Waals surface area contributed by atoms with Crippen molar-refractivity contribution in [2.45, 2.75) is 13.3 Å². The minimum Gasteiger partial charge on any atom is -0.497 e. The summed E-state index contributed by atoms with van der Waals surface area (Å²) in [6.07, 6.45) is 0.113. The van der Waals surface area contributed by atoms with Crippen molar-refractivity contribution in [2.75, 3.05) is 31.0 Å². The maximum atomic E-state index is 13.0. The standard InChI is InChI=1S/C24H23N5O4S/c1-14-4-9-20(33-3)18(10-14)28-12-16(11-21(28)30)22(31)25-23-26-24-29(27-23)19(13-34-24)15-5-7-17(32-2)8-6-15/h4-10,13,16H,11-12H2,1-3H3,(H,25,27,31). The summed E-state index contributed by atoms with van der Waals surface area (Å²) in [5, 5.41) is 9.22. The van der Waals surface area contributed by atoms with Crippen molar-refractivity contribution in [3.63, 3.8) is 0 Å². The Bertz CT molecular complexity index is 1380. The third-order valence-corrected chi connectivity index (χ3v) is 6.64. The van der Waals surface area contributed by atoms with Crippen molar-refractivity contribution in [3.05, 3.63) is 53.4 Å². The Morgan fingerprint density at radius 1 is 1.15 bits per heavy atom. The summed E-state index contributed by atoms with van der Waals surface area (Å²) in [5.74, 6) is 0.662. The number of benzene rings is 2. The minimum atomic E-state index is -0.514. The van der Waals surface area contributed by atoms with Gasteiger partial charge in [-0.1, -0.05) is 6.07 Å². The molecule has 3 heterocycles. The van der Waals surface area contributed by atoms with Gasteiger partial charge in [0.15, 0.2) is 0 Å². The number of anilines is 2. The number of hydrogen-bond donors (Lipinski definition) is 1. The number of amides is 2. The molecule has 34 heavy (non-hydrogen) atoms. The van der Waals surface area contributed by atoms with Crippen molar-refractivity contribution >= 4 is 39.7 Å². The van der Waals surface area contributed by atoms with Crippen LogP contribution in [-0.2, 0) is 9.59 Å². The summed E-state index contributed by atoms with van der Waals surface area (Å²) >= 11 is 1.43. The first-order chi connectivity index (χ1) is 16.5. The Hall–Kier alpha value is -3.92. The van der Waals surface area contributed by atoms with E-state index in [2.05, 4.69) is 15.4 Å². The lowest BCUT2D eigenvalue weighted by molar-refractivity contribution is -0.122. The summed E-state index contributed by atoms with van der Waals surface area (Å²) in [6.45, 7) is 2.22. The van der Waals surface area contributed by atoms with E-state index in [0.717, 1.165) is 22.6 Å². The first-order valence-corrected chi connectivity index (χ1v) is 11.6. The molecule has 1 N–H and O–H groups in total. The molecule has 0 spiro atoms. The van der Waals surface area contributed by atoms with E-state index in [4.69, 9.17) is 9.47 Å². The quantitative estimate of drug-likeness (QED) is 0.454. The monoisotopic (exact) mass is 477 g/mol. The van der Waals surface area contributed by atoms with Crippen LogP contribution in [0.4, 0.5) is 11.6 Å². The van der Waals surface area contributed by atoms with Gasteiger partial charge in [0.2, 0.25) is 22.7 Å². The molecule has 1 fully saturated rings. The van der Waals surface area contributed by atoms with E-state index in [1.54, 1.807) is 23.6 Å². The highest BCUT2D eigenvalue weighted by Gasteiger charge is 2.36. The Labute approximate surface area is 199 Å². The highest BCUT2D eigenvalue weighted by Crippen LogP contribution is 2.34. The topological polar surface area (TPSA) is 98.1 Å². The number of carbonyl (C=O) groups excluding carboxylic acids is 2. The van der Waals surface area contributed by atoms with Gasteiger partial charge in [0.1, 0.15) is 11.5 Å². The molecule has 10 heteroatoms. The van der Waals surface area contributed by atoms with Crippen LogP contribution in [0.3, 0.4) is 0 Å². The van der Waals surface area contributed by atoms with Gasteiger partial charge in [-0.2, -0.15) is 4.98 Å². The summed E-state index contributed by atoms with van der Waals surface area (Å²) in [6, 6.07) is 13.3. The molecule has 1 unspecified atom stereocenters. The van der Waals surface area contributed by atoms with Gasteiger partial charge in [-0.05, 0) is 48.9 Å². The Kier molecular flexibility index (Phi) is 5.66. The second-order valence-corrected chi connectivity index (χ2v) is 8.89. The third kappa shape index (κ3) is 3.96. The number of rotatable bonds is 6. The molecular weight excluding hydrogens is 454 g/mol. The van der Waals surface area contributed by atoms with Crippen LogP contribution in [0.15, 0.2) is 47.8 Å². The van der Waals surface area contributed by atoms with E-state index < -0.39 is 5.92 Å². The molecule has 0 saturated carbocycles. The lowest BCUT2D eigenvalue weighted by atomic mass is 10.1. The minimum absolute atomic E-state index is 0.113. The molecule has 0 radical (unpaired) electrons. The van der Waals surface area contributed by atoms with E-state index >= 15 is 0 Å². The summed E-state index contributed by atoms with van der Waals surface area (Å²) in [4.78, 5) is 32.4. The maximum Gasteiger partial charge on any atom is 0.250 e. The van der Waals surface area contributed by atoms with Gasteiger partial charge < -0.3 is 14.4 Å². The van der Waals surface area contributed by atoms with Crippen molar-refractivity contribution in [3.8, 4) is 22.8 Å². The molecule has 9 nitrogen and oxygen atoms in total. The lowest BCUT2D eigenvalue weighted by Gasteiger charge is -2.20. The Balaban J connectivity index is 1.33. The highest BCUT2D eigenvalue weighted by molar-refractivity contribution is 7.15. The Morgan fingerprint density at radius 3 is 2.68 bits per heavy atom. The molecule has 1 atom stereocenters. The van der Waals surface area contributed by atoms with E-state index in [9.17, 15) is 9.59 Å². The second kappa shape index (κ2) is 8.79. The smallest absolute Gasteiger partial charge is 0.250 e. The van der Waals surface area contributed by atoms with Crippen molar-refractivity contribution in [1.82, 2.24) is 14.6 Å². The van der Waals surface area contributed by atoms with Crippen LogP contribution in [0.1, 0.15) is 12.0 Å². The van der Waals surface area contributed by atoms with Gasteiger partial charge >= 0.3 is 0 Å². The summed E-state index contributed by atoms with van der Waals surface area (Å²) in [5.41, 5.74) is 3.50. The molecule has 1 saturated heterocycles. The zero-order valence-electron chi connectivity index (χ0n) is 18.9. The van der Waals surface area contributed by atoms with Crippen LogP contribution in [0.25, 0.3) is 16.2 Å². The number of fused-ring (bicyclic) bond motifs is 1. The number of thiazole rings is 1. The summed E-state index contributed by atoms with van der Waals surface area (Å²) < 4.78 is 12.3. The fourth-order valence-corrected chi connectivity index (χ4v) is 4.86. The number of aryl methyl sites for hydroxylation is 1. The van der Waals surface area contributed by atoms with Crippen molar-refractivity contribution in [1.29, 1.82) is 0 Å². The molecule has 5 rings (SSSR count). The maximum absolute atomic E-state index is 13.0. The number of nitrogens with one attached hydrogen (secondary N) is 1. The van der Waals surface area contributed by atoms with Gasteiger partial charge in [0.05, 0.1) is 31.5 Å². The number of nitrogens with zero attached hydrogens (tertiary/aromatic N) is 4. The average molecular weight is 478 g/mol. The molecule has 0 aliphatic carbocycles. The molecule has 0 bridgehead atoms. The number of aromatic nitrogens is 3. The van der Waals surface area contributed by atoms with Gasteiger partial charge in [-0.3, -0.25) is 14.9 Å². The van der Waals surface area contributed by atoms with Gasteiger partial charge in [-0.25, -0.2) is 4.52 Å². The average Bonchev–Trinajstić information content (AvgIpc) is 3.53. The van der Waals surface area contributed by atoms with Gasteiger partial charge in [0, 0.05) is 23.9 Å². The number of ether oxygens (including phenoxy) is 2. The predicted molar refractivity (Wildman–Crippen MR) is 130 cm³/mol. The molecule has 1 aliphatic heterocycles. The molecule has 4 aromatic rings. The van der Waals surface area contributed by atoms with Gasteiger partial charge in [-0.15, -0.1) is 16.4 Å². The predicted octanol–water partition coefficient (Wildman–Crippen LogP) is 3.78. The van der Waals surface area contributed by atoms with Crippen LogP contribution < -0.4 is 19.7 Å². The second-order valence-electron chi connectivity index (χ2n) is 8.05. The molecule has 2 aromatic heterocycles. The SMILES string of the molecule is COc1ccc(-c2csc3nc(NC(=O)C4CC(=O)N(c5cc(C)ccc5OC)C4)nn23)cc1. The van der Waals surface area contributed by atoms with E-state index in [-0.39, 0.29) is 30.7 Å². The molecule has 1 aliphatic rings. The molecular formula is C24H23N5O4S. The fourth-order valence-electron chi connectivity index (χ4n) is 4.03. The molecule has 2 aromatic carbocycles. The number of carbonyl (C=O) groups is 2. The molecule has 174 valence electrons. The van der Waals surface area contributed by atoms with E-state index in [1.807, 2.05) is 54.8 Å². The summed E-state index contributed by atoms with van der Waals surface area (Å²) in [7, 11) is 3.19. The van der Waals surface area contributed by atoms with E-state index in [1.165, 1.54) is 11.3 Å². The largest absolute Gasteiger partial charge is 0.497 e. The zero-order valence-corrected chi connectivity index (χ0v) is 19.8. The third-order valence-electron chi connectivity index (χ3n) is 5.82. The van der Waals surface area contributed by atoms with Crippen LogP contribution in [0.2, 0.25) is 0 Å². The lowest BCUT2D eigenvalue weighted by Crippen LogP contribution is -2.28. The first-order valence-electron chi connectivity index (χ1n) is 10.7. The number of hydrogen-bond acceptors (Lipinski definition) is 7. The van der Waals surface area contributed by atoms with Crippen LogP contribution in [0, 0.1) is 12.8 Å². The zero-order chi connectivity index (χ0) is 23.8. The van der Waals surface area contributed by atoms with Crippen LogP contribution >= 0.6 is 11.3 Å². The first kappa shape index (κ1) is 21.9. The number of methoxy groups -OCH3 is 2. The van der Waals surface area contributed by atoms with Crippen LogP contribution in [0.5, 0.6) is 11.5 Å². The van der Waals surface area contributed by atoms with Gasteiger partial charge in [0.25, 0.3) is 0 Å². The van der Waals surface area contributed by atoms with E-state index in [0.29, 0.717) is 16.4 Å². The molecule has 2 amide bonds. The Morgan fingerprint density at radius 2 is 1.94 bits per heavy atom. The van der Waals surface area contributed by atoms with Crippen LogP contribution in [-0.4, -0.2) is 47.2 Å². The fraction of sp³-hybridized carbons (Fsp3) is 0.250. The highest BCUT2D eigenvalue weighted by atomic mass is 32.1. The normalized spacial score (nSPS) is 15.7. The van der Waals surface area contributed by atoms with Crippen molar-refractivity contribution in [2.24, 2.45) is 5.92 Å². The van der Waals surface area contributed by atoms with Crippen molar-refractivity contribution < 1.29 is 19.1 Å².